The maximum absolute atomic E-state index is 5.56. The number of benzene rings is 1. The van der Waals surface area contributed by atoms with Crippen LogP contribution in [0, 0.1) is 0 Å². The fourth-order valence-corrected chi connectivity index (χ4v) is 1.59. The van der Waals surface area contributed by atoms with E-state index in [4.69, 9.17) is 16.3 Å². The molecule has 0 aliphatic rings. The quantitative estimate of drug-likeness (QED) is 0.559. The van der Waals surface area contributed by atoms with Crippen molar-refractivity contribution in [2.24, 2.45) is 0 Å². The Morgan fingerprint density at radius 1 is 1.38 bits per heavy atom. The van der Waals surface area contributed by atoms with Gasteiger partial charge in [0.15, 0.2) is 0 Å². The number of rotatable bonds is 6. The molecule has 0 saturated heterocycles. The van der Waals surface area contributed by atoms with E-state index in [0.717, 1.165) is 18.8 Å². The number of alkyl halides is 1. The molecule has 0 bridgehead atoms. The minimum absolute atomic E-state index is 0.576. The highest BCUT2D eigenvalue weighted by atomic mass is 35.5. The predicted octanol–water partition coefficient (Wildman–Crippen LogP) is 2.92. The molecule has 0 amide bonds. The van der Waals surface area contributed by atoms with Crippen molar-refractivity contribution in [3.8, 4) is 5.75 Å². The summed E-state index contributed by atoms with van der Waals surface area (Å²) in [4.78, 5) is 2.22. The molecule has 1 rings (SSSR count). The molecule has 0 fully saturated rings. The highest BCUT2D eigenvalue weighted by Crippen LogP contribution is 2.13. The second-order valence-corrected chi connectivity index (χ2v) is 3.98. The lowest BCUT2D eigenvalue weighted by molar-refractivity contribution is 0.361. The van der Waals surface area contributed by atoms with Crippen molar-refractivity contribution in [1.82, 2.24) is 4.90 Å². The molecule has 2 nitrogen and oxygen atoms in total. The fraction of sp³-hybridized carbons (Fsp3) is 0.385. The van der Waals surface area contributed by atoms with E-state index in [1.807, 2.05) is 18.2 Å². The van der Waals surface area contributed by atoms with E-state index in [0.29, 0.717) is 5.88 Å². The number of likely N-dealkylation sites (N-methyl/N-ethyl adjacent to an activating group) is 1. The van der Waals surface area contributed by atoms with Gasteiger partial charge >= 0.3 is 0 Å². The summed E-state index contributed by atoms with van der Waals surface area (Å²) in [7, 11) is 3.77. The van der Waals surface area contributed by atoms with Crippen molar-refractivity contribution in [1.29, 1.82) is 0 Å². The Morgan fingerprint density at radius 3 is 2.88 bits per heavy atom. The van der Waals surface area contributed by atoms with Gasteiger partial charge in [0.2, 0.25) is 0 Å². The first-order valence-corrected chi connectivity index (χ1v) is 5.82. The minimum atomic E-state index is 0.576. The number of nitrogens with zero attached hydrogens (tertiary/aromatic N) is 1. The van der Waals surface area contributed by atoms with Gasteiger partial charge in [-0.05, 0) is 24.7 Å². The molecule has 0 radical (unpaired) electrons. The van der Waals surface area contributed by atoms with Crippen LogP contribution in [0.1, 0.15) is 5.56 Å². The molecule has 0 unspecified atom stereocenters. The summed E-state index contributed by atoms with van der Waals surface area (Å²) in [6, 6.07) is 8.12. The van der Waals surface area contributed by atoms with Gasteiger partial charge in [0.1, 0.15) is 5.75 Å². The Bertz CT molecular complexity index is 338. The summed E-state index contributed by atoms with van der Waals surface area (Å²) in [6.45, 7) is 1.81. The molecule has 0 heterocycles. The number of halogens is 1. The molecule has 0 spiro atoms. The average Bonchev–Trinajstić information content (AvgIpc) is 2.29. The van der Waals surface area contributed by atoms with Crippen molar-refractivity contribution in [2.75, 3.05) is 26.6 Å². The Morgan fingerprint density at radius 2 is 2.19 bits per heavy atom. The normalized spacial score (nSPS) is 11.2. The molecule has 0 aliphatic heterocycles. The zero-order valence-electron chi connectivity index (χ0n) is 9.82. The van der Waals surface area contributed by atoms with Crippen LogP contribution < -0.4 is 4.74 Å². The summed E-state index contributed by atoms with van der Waals surface area (Å²) in [5, 5.41) is 0. The fourth-order valence-electron chi connectivity index (χ4n) is 1.46. The molecule has 0 aromatic heterocycles. The van der Waals surface area contributed by atoms with Gasteiger partial charge < -0.3 is 4.74 Å². The van der Waals surface area contributed by atoms with Crippen LogP contribution in [-0.2, 0) is 6.54 Å². The molecule has 1 aromatic carbocycles. The number of ether oxygens (including phenoxy) is 1. The van der Waals surface area contributed by atoms with Crippen molar-refractivity contribution in [2.45, 2.75) is 6.54 Å². The minimum Gasteiger partial charge on any atom is -0.497 e. The average molecular weight is 240 g/mol. The van der Waals surface area contributed by atoms with Gasteiger partial charge in [-0.1, -0.05) is 24.3 Å². The third-order valence-corrected chi connectivity index (χ3v) is 2.44. The van der Waals surface area contributed by atoms with Gasteiger partial charge in [-0.3, -0.25) is 4.90 Å². The Hall–Kier alpha value is -0.990. The zero-order valence-corrected chi connectivity index (χ0v) is 10.6. The topological polar surface area (TPSA) is 12.5 Å². The van der Waals surface area contributed by atoms with Crippen LogP contribution in [0.3, 0.4) is 0 Å². The van der Waals surface area contributed by atoms with E-state index in [2.05, 4.69) is 30.2 Å². The van der Waals surface area contributed by atoms with E-state index < -0.39 is 0 Å². The van der Waals surface area contributed by atoms with Gasteiger partial charge in [0, 0.05) is 19.0 Å². The summed E-state index contributed by atoms with van der Waals surface area (Å²) in [5.74, 6) is 1.48. The molecule has 16 heavy (non-hydrogen) atoms. The van der Waals surface area contributed by atoms with Crippen molar-refractivity contribution >= 4 is 11.6 Å². The first kappa shape index (κ1) is 13.1. The number of hydrogen-bond acceptors (Lipinski definition) is 2. The largest absolute Gasteiger partial charge is 0.497 e. The van der Waals surface area contributed by atoms with Crippen LogP contribution in [0.25, 0.3) is 0 Å². The van der Waals surface area contributed by atoms with Crippen LogP contribution in [0.5, 0.6) is 5.75 Å². The predicted molar refractivity (Wildman–Crippen MR) is 69.2 cm³/mol. The maximum Gasteiger partial charge on any atom is 0.119 e. The van der Waals surface area contributed by atoms with Crippen molar-refractivity contribution < 1.29 is 4.74 Å². The Labute approximate surface area is 102 Å². The highest BCUT2D eigenvalue weighted by molar-refractivity contribution is 6.18. The molecular formula is C13H18ClNO. The highest BCUT2D eigenvalue weighted by Gasteiger charge is 1.99. The summed E-state index contributed by atoms with van der Waals surface area (Å²) in [6.07, 6.45) is 4.04. The molecule has 0 saturated carbocycles. The van der Waals surface area contributed by atoms with Crippen LogP contribution >= 0.6 is 11.6 Å². The number of methoxy groups -OCH3 is 1. The van der Waals surface area contributed by atoms with Crippen molar-refractivity contribution in [3.05, 3.63) is 42.0 Å². The van der Waals surface area contributed by atoms with Crippen molar-refractivity contribution in [3.63, 3.8) is 0 Å². The lowest BCUT2D eigenvalue weighted by Gasteiger charge is -2.14. The van der Waals surface area contributed by atoms with E-state index in [1.165, 1.54) is 5.56 Å². The zero-order chi connectivity index (χ0) is 11.8. The standard InChI is InChI=1S/C13H18ClNO/c1-15(9-4-3-8-14)11-12-6-5-7-13(10-12)16-2/h3-7,10H,8-9,11H2,1-2H3. The van der Waals surface area contributed by atoms with E-state index in [1.54, 1.807) is 7.11 Å². The first-order valence-electron chi connectivity index (χ1n) is 5.28. The van der Waals surface area contributed by atoms with Gasteiger partial charge in [-0.25, -0.2) is 0 Å². The first-order chi connectivity index (χ1) is 7.76. The Balaban J connectivity index is 2.48. The maximum atomic E-state index is 5.56. The third-order valence-electron chi connectivity index (χ3n) is 2.26. The number of allylic oxidation sites excluding steroid dienone is 1. The second kappa shape index (κ2) is 7.31. The van der Waals surface area contributed by atoms with Crippen LogP contribution in [0.4, 0.5) is 0 Å². The van der Waals surface area contributed by atoms with Gasteiger partial charge in [-0.2, -0.15) is 0 Å². The van der Waals surface area contributed by atoms with Crippen LogP contribution in [0.15, 0.2) is 36.4 Å². The van der Waals surface area contributed by atoms with E-state index >= 15 is 0 Å². The van der Waals surface area contributed by atoms with Gasteiger partial charge in [-0.15, -0.1) is 11.6 Å². The lowest BCUT2D eigenvalue weighted by atomic mass is 10.2. The summed E-state index contributed by atoms with van der Waals surface area (Å²) >= 11 is 5.56. The SMILES string of the molecule is COc1cccc(CN(C)CC=CCCl)c1. The Kier molecular flexibility index (Phi) is 5.98. The number of hydrogen-bond donors (Lipinski definition) is 0. The van der Waals surface area contributed by atoms with Crippen LogP contribution in [-0.4, -0.2) is 31.5 Å². The molecule has 0 N–H and O–H groups in total. The van der Waals surface area contributed by atoms with E-state index in [-0.39, 0.29) is 0 Å². The summed E-state index contributed by atoms with van der Waals surface area (Å²) < 4.78 is 5.19. The molecule has 0 aliphatic carbocycles. The van der Waals surface area contributed by atoms with Gasteiger partial charge in [0.05, 0.1) is 7.11 Å². The van der Waals surface area contributed by atoms with Gasteiger partial charge in [0.25, 0.3) is 0 Å². The molecule has 88 valence electrons. The molecular weight excluding hydrogens is 222 g/mol. The van der Waals surface area contributed by atoms with E-state index in [9.17, 15) is 0 Å². The smallest absolute Gasteiger partial charge is 0.119 e. The lowest BCUT2D eigenvalue weighted by Crippen LogP contribution is -2.17. The molecule has 1 aromatic rings. The molecule has 3 heteroatoms. The third kappa shape index (κ3) is 4.69. The molecule has 0 atom stereocenters. The van der Waals surface area contributed by atoms with Crippen LogP contribution in [0.2, 0.25) is 0 Å². The second-order valence-electron chi connectivity index (χ2n) is 3.67. The monoisotopic (exact) mass is 239 g/mol. The summed E-state index contributed by atoms with van der Waals surface area (Å²) in [5.41, 5.74) is 1.25.